The lowest BCUT2D eigenvalue weighted by Crippen LogP contribution is -2.47. The predicted molar refractivity (Wildman–Crippen MR) is 123 cm³/mol. The summed E-state index contributed by atoms with van der Waals surface area (Å²) in [7, 11) is 3.51. The van der Waals surface area contributed by atoms with E-state index in [1.54, 1.807) is 19.2 Å². The van der Waals surface area contributed by atoms with E-state index in [1.165, 1.54) is 6.07 Å². The summed E-state index contributed by atoms with van der Waals surface area (Å²) in [5, 5.41) is 5.47. The number of hydrogen-bond donors (Lipinski definition) is 2. The van der Waals surface area contributed by atoms with Gasteiger partial charge in [-0.1, -0.05) is 38.4 Å². The fourth-order valence-corrected chi connectivity index (χ4v) is 4.18. The van der Waals surface area contributed by atoms with Crippen molar-refractivity contribution in [2.75, 3.05) is 20.6 Å². The fraction of sp³-hybridized carbons (Fsp3) is 0.522. The number of hydrogen-bond acceptors (Lipinski definition) is 4. The molecule has 0 saturated heterocycles. The number of benzene rings is 1. The van der Waals surface area contributed by atoms with Crippen LogP contribution >= 0.6 is 11.6 Å². The molecule has 2 amide bonds. The number of carbonyl (C=O) groups is 2. The maximum atomic E-state index is 14.8. The van der Waals surface area contributed by atoms with Crippen LogP contribution in [0.5, 0.6) is 0 Å². The third-order valence-electron chi connectivity index (χ3n) is 5.51. The standard InChI is InChI=1S/C23H31ClFN5O2/c1-23(2,3)12-16(21(31)26-4)27-22(32)19-17-13-29(5)10-7-11-30(17)20(28-19)14-8-6-9-15(24)18(14)25/h6,8-9,16H,7,10-13H2,1-5H3,(H,26,31)(H,27,32)/t16-/m0/s1. The maximum Gasteiger partial charge on any atom is 0.272 e. The van der Waals surface area contributed by atoms with Crippen LogP contribution in [-0.4, -0.2) is 52.9 Å². The lowest BCUT2D eigenvalue weighted by Gasteiger charge is -2.25. The van der Waals surface area contributed by atoms with Crippen LogP contribution in [0.4, 0.5) is 4.39 Å². The Bertz CT molecular complexity index is 1010. The van der Waals surface area contributed by atoms with E-state index in [4.69, 9.17) is 11.6 Å². The van der Waals surface area contributed by atoms with Crippen LogP contribution in [0.15, 0.2) is 18.2 Å². The van der Waals surface area contributed by atoms with Gasteiger partial charge >= 0.3 is 0 Å². The maximum absolute atomic E-state index is 14.8. The van der Waals surface area contributed by atoms with Crippen molar-refractivity contribution in [2.45, 2.75) is 52.7 Å². The third-order valence-corrected chi connectivity index (χ3v) is 5.80. The third kappa shape index (κ3) is 5.30. The number of fused-ring (bicyclic) bond motifs is 1. The molecule has 1 atom stereocenters. The topological polar surface area (TPSA) is 79.3 Å². The molecule has 1 aromatic heterocycles. The Morgan fingerprint density at radius 3 is 2.66 bits per heavy atom. The number of nitrogens with one attached hydrogen (secondary N) is 2. The van der Waals surface area contributed by atoms with Gasteiger partial charge in [0.05, 0.1) is 16.3 Å². The molecule has 2 N–H and O–H groups in total. The van der Waals surface area contributed by atoms with Gasteiger partial charge in [-0.2, -0.15) is 0 Å². The van der Waals surface area contributed by atoms with Crippen LogP contribution in [0.2, 0.25) is 5.02 Å². The van der Waals surface area contributed by atoms with Crippen molar-refractivity contribution in [1.29, 1.82) is 0 Å². The molecular weight excluding hydrogens is 433 g/mol. The first-order valence-electron chi connectivity index (χ1n) is 10.8. The summed E-state index contributed by atoms with van der Waals surface area (Å²) in [5.41, 5.74) is 0.976. The molecule has 0 aliphatic carbocycles. The number of rotatable bonds is 5. The number of nitrogens with zero attached hydrogens (tertiary/aromatic N) is 3. The number of aromatic nitrogens is 2. The van der Waals surface area contributed by atoms with Crippen molar-refractivity contribution >= 4 is 23.4 Å². The smallest absolute Gasteiger partial charge is 0.272 e. The zero-order valence-electron chi connectivity index (χ0n) is 19.3. The molecule has 2 heterocycles. The van der Waals surface area contributed by atoms with Crippen LogP contribution in [-0.2, 0) is 17.9 Å². The second-order valence-electron chi connectivity index (χ2n) is 9.48. The minimum Gasteiger partial charge on any atom is -0.357 e. The molecule has 0 radical (unpaired) electrons. The minimum atomic E-state index is -0.709. The Labute approximate surface area is 193 Å². The Morgan fingerprint density at radius 1 is 1.28 bits per heavy atom. The summed E-state index contributed by atoms with van der Waals surface area (Å²) < 4.78 is 16.7. The van der Waals surface area contributed by atoms with E-state index in [0.29, 0.717) is 31.0 Å². The highest BCUT2D eigenvalue weighted by Crippen LogP contribution is 2.31. The molecule has 9 heteroatoms. The summed E-state index contributed by atoms with van der Waals surface area (Å²) >= 11 is 6.01. The molecule has 174 valence electrons. The van der Waals surface area contributed by atoms with Crippen LogP contribution in [0.1, 0.15) is 49.8 Å². The molecule has 0 fully saturated rings. The first kappa shape index (κ1) is 24.2. The van der Waals surface area contributed by atoms with Crippen LogP contribution in [0, 0.1) is 11.2 Å². The van der Waals surface area contributed by atoms with Crippen molar-refractivity contribution in [3.05, 3.63) is 40.4 Å². The number of likely N-dealkylation sites (N-methyl/N-ethyl adjacent to an activating group) is 1. The van der Waals surface area contributed by atoms with E-state index in [2.05, 4.69) is 20.5 Å². The Kier molecular flexibility index (Phi) is 7.25. The number of halogens is 2. The minimum absolute atomic E-state index is 0.00134. The van der Waals surface area contributed by atoms with Crippen molar-refractivity contribution in [3.8, 4) is 11.4 Å². The first-order chi connectivity index (χ1) is 15.0. The summed E-state index contributed by atoms with van der Waals surface area (Å²) in [5.74, 6) is -0.914. The van der Waals surface area contributed by atoms with E-state index in [0.717, 1.165) is 13.0 Å². The van der Waals surface area contributed by atoms with E-state index in [1.807, 2.05) is 32.4 Å². The zero-order valence-corrected chi connectivity index (χ0v) is 20.0. The summed E-state index contributed by atoms with van der Waals surface area (Å²) in [6, 6.07) is 4.05. The molecule has 3 rings (SSSR count). The van der Waals surface area contributed by atoms with Gasteiger partial charge in [0, 0.05) is 20.1 Å². The Balaban J connectivity index is 2.05. The highest BCUT2D eigenvalue weighted by Gasteiger charge is 2.31. The number of amides is 2. The van der Waals surface area contributed by atoms with E-state index in [9.17, 15) is 14.0 Å². The molecular formula is C23H31ClFN5O2. The van der Waals surface area contributed by atoms with Gasteiger partial charge in [0.2, 0.25) is 5.91 Å². The van der Waals surface area contributed by atoms with Gasteiger partial charge in [0.1, 0.15) is 11.9 Å². The molecule has 1 aromatic carbocycles. The summed E-state index contributed by atoms with van der Waals surface area (Å²) in [6.45, 7) is 7.95. The molecule has 0 spiro atoms. The van der Waals surface area contributed by atoms with Crippen LogP contribution in [0.3, 0.4) is 0 Å². The molecule has 1 aliphatic rings. The molecule has 0 bridgehead atoms. The zero-order chi connectivity index (χ0) is 23.6. The summed E-state index contributed by atoms with van der Waals surface area (Å²) in [6.07, 6.45) is 1.30. The molecule has 1 aliphatic heterocycles. The first-order valence-corrected chi connectivity index (χ1v) is 11.1. The molecule has 0 saturated carbocycles. The van der Waals surface area contributed by atoms with Gasteiger partial charge in [0.25, 0.3) is 5.91 Å². The SMILES string of the molecule is CNC(=O)[C@H](CC(C)(C)C)NC(=O)c1nc(-c2cccc(Cl)c2F)n2c1CN(C)CCC2. The largest absolute Gasteiger partial charge is 0.357 e. The summed E-state index contributed by atoms with van der Waals surface area (Å²) in [4.78, 5) is 32.4. The molecule has 32 heavy (non-hydrogen) atoms. The number of carbonyl (C=O) groups excluding carboxylic acids is 2. The lowest BCUT2D eigenvalue weighted by atomic mass is 9.87. The van der Waals surface area contributed by atoms with Crippen LogP contribution < -0.4 is 10.6 Å². The average Bonchev–Trinajstić information content (AvgIpc) is 2.94. The highest BCUT2D eigenvalue weighted by molar-refractivity contribution is 6.31. The van der Waals surface area contributed by atoms with E-state index in [-0.39, 0.29) is 27.6 Å². The van der Waals surface area contributed by atoms with Crippen molar-refractivity contribution in [1.82, 2.24) is 25.1 Å². The van der Waals surface area contributed by atoms with Gasteiger partial charge < -0.3 is 20.1 Å². The molecule has 0 unspecified atom stereocenters. The number of imidazole rings is 1. The van der Waals surface area contributed by atoms with Crippen LogP contribution in [0.25, 0.3) is 11.4 Å². The quantitative estimate of drug-likeness (QED) is 0.711. The van der Waals surface area contributed by atoms with Gasteiger partial charge in [-0.3, -0.25) is 9.59 Å². The van der Waals surface area contributed by atoms with Gasteiger partial charge in [0.15, 0.2) is 11.5 Å². The molecule has 7 nitrogen and oxygen atoms in total. The van der Waals surface area contributed by atoms with Gasteiger partial charge in [-0.25, -0.2) is 9.37 Å². The van der Waals surface area contributed by atoms with Crippen molar-refractivity contribution in [3.63, 3.8) is 0 Å². The fourth-order valence-electron chi connectivity index (χ4n) is 4.01. The second kappa shape index (κ2) is 9.58. The Morgan fingerprint density at radius 2 is 2.00 bits per heavy atom. The highest BCUT2D eigenvalue weighted by atomic mass is 35.5. The van der Waals surface area contributed by atoms with E-state index < -0.39 is 17.8 Å². The predicted octanol–water partition coefficient (Wildman–Crippen LogP) is 3.46. The lowest BCUT2D eigenvalue weighted by molar-refractivity contribution is -0.123. The van der Waals surface area contributed by atoms with Gasteiger partial charge in [-0.15, -0.1) is 0 Å². The Hall–Kier alpha value is -2.45. The molecule has 2 aromatic rings. The average molecular weight is 464 g/mol. The van der Waals surface area contributed by atoms with Crippen molar-refractivity contribution in [2.24, 2.45) is 5.41 Å². The van der Waals surface area contributed by atoms with Gasteiger partial charge in [-0.05, 0) is 44.0 Å². The second-order valence-corrected chi connectivity index (χ2v) is 9.89. The normalized spacial score (nSPS) is 15.6. The monoisotopic (exact) mass is 463 g/mol. The van der Waals surface area contributed by atoms with Crippen molar-refractivity contribution < 1.29 is 14.0 Å². The van der Waals surface area contributed by atoms with E-state index >= 15 is 0 Å².